The van der Waals surface area contributed by atoms with Crippen LogP contribution in [0.25, 0.3) is 0 Å². The summed E-state index contributed by atoms with van der Waals surface area (Å²) in [6.07, 6.45) is 3.56. The van der Waals surface area contributed by atoms with Gasteiger partial charge in [-0.15, -0.1) is 0 Å². The predicted octanol–water partition coefficient (Wildman–Crippen LogP) is 3.95. The summed E-state index contributed by atoms with van der Waals surface area (Å²) in [4.78, 5) is 23.2. The Morgan fingerprint density at radius 2 is 1.88 bits per heavy atom. The predicted molar refractivity (Wildman–Crippen MR) is 98.2 cm³/mol. The highest BCUT2D eigenvalue weighted by atomic mass is 19.1. The monoisotopic (exact) mass is 348 g/mol. The molecule has 2 aromatic carbocycles. The van der Waals surface area contributed by atoms with Gasteiger partial charge in [0.1, 0.15) is 11.5 Å². The molecule has 4 rings (SSSR count). The molecule has 130 valence electrons. The van der Waals surface area contributed by atoms with Crippen molar-refractivity contribution in [3.63, 3.8) is 0 Å². The van der Waals surface area contributed by atoms with E-state index < -0.39 is 11.7 Å². The van der Waals surface area contributed by atoms with Gasteiger partial charge < -0.3 is 10.2 Å². The number of hydrogen-bond donors (Lipinski definition) is 1. The van der Waals surface area contributed by atoms with Crippen LogP contribution in [0.1, 0.15) is 22.5 Å². The molecule has 1 aliphatic rings. The minimum Gasteiger partial charge on any atom is -0.318 e. The first-order valence-electron chi connectivity index (χ1n) is 8.47. The molecule has 0 saturated heterocycles. The van der Waals surface area contributed by atoms with Gasteiger partial charge in [0.25, 0.3) is 5.91 Å². The molecule has 26 heavy (non-hydrogen) atoms. The van der Waals surface area contributed by atoms with Crippen LogP contribution in [0.5, 0.6) is 0 Å². The Balaban J connectivity index is 1.62. The molecule has 2 heterocycles. The molecular weight excluding hydrogens is 331 g/mol. The van der Waals surface area contributed by atoms with Crippen LogP contribution in [-0.2, 0) is 6.42 Å². The molecule has 0 fully saturated rings. The zero-order valence-electron chi connectivity index (χ0n) is 14.0. The quantitative estimate of drug-likeness (QED) is 0.779. The fraction of sp³-hybridized carbons (Fsp3) is 0.150. The van der Waals surface area contributed by atoms with Crippen molar-refractivity contribution in [1.82, 2.24) is 9.97 Å². The Morgan fingerprint density at radius 1 is 1.08 bits per heavy atom. The number of halogens is 1. The highest BCUT2D eigenvalue weighted by molar-refractivity contribution is 6.03. The lowest BCUT2D eigenvalue weighted by molar-refractivity contribution is 0.102. The summed E-state index contributed by atoms with van der Waals surface area (Å²) in [5.74, 6) is -0.484. The second kappa shape index (κ2) is 6.92. The van der Waals surface area contributed by atoms with Crippen LogP contribution in [0.3, 0.4) is 0 Å². The van der Waals surface area contributed by atoms with Crippen LogP contribution in [0.2, 0.25) is 0 Å². The van der Waals surface area contributed by atoms with Gasteiger partial charge in [-0.05, 0) is 42.7 Å². The van der Waals surface area contributed by atoms with Crippen molar-refractivity contribution in [1.29, 1.82) is 0 Å². The highest BCUT2D eigenvalue weighted by Crippen LogP contribution is 2.31. The number of anilines is 3. The summed E-state index contributed by atoms with van der Waals surface area (Å²) in [6, 6.07) is 15.7. The largest absolute Gasteiger partial charge is 0.318 e. The number of benzene rings is 2. The van der Waals surface area contributed by atoms with E-state index in [4.69, 9.17) is 0 Å². The maximum Gasteiger partial charge on any atom is 0.274 e. The molecule has 1 aliphatic heterocycles. The fourth-order valence-electron chi connectivity index (χ4n) is 3.10. The third kappa shape index (κ3) is 3.13. The molecule has 0 aliphatic carbocycles. The number of aromatic nitrogens is 2. The van der Waals surface area contributed by atoms with Gasteiger partial charge in [-0.3, -0.25) is 4.79 Å². The number of rotatable bonds is 3. The van der Waals surface area contributed by atoms with Crippen LogP contribution in [-0.4, -0.2) is 22.4 Å². The first-order chi connectivity index (χ1) is 12.7. The van der Waals surface area contributed by atoms with E-state index in [0.29, 0.717) is 5.95 Å². The van der Waals surface area contributed by atoms with Crippen LogP contribution >= 0.6 is 0 Å². The summed E-state index contributed by atoms with van der Waals surface area (Å²) in [5.41, 5.74) is 2.62. The second-order valence-electron chi connectivity index (χ2n) is 6.06. The average Bonchev–Trinajstić information content (AvgIpc) is 2.69. The first-order valence-corrected chi connectivity index (χ1v) is 8.47. The number of hydrogen-bond acceptors (Lipinski definition) is 4. The van der Waals surface area contributed by atoms with Gasteiger partial charge in [0.15, 0.2) is 0 Å². The van der Waals surface area contributed by atoms with Gasteiger partial charge in [0.2, 0.25) is 5.95 Å². The number of carbonyl (C=O) groups is 1. The molecule has 0 unspecified atom stereocenters. The molecule has 6 heteroatoms. The number of nitrogens with zero attached hydrogens (tertiary/aromatic N) is 3. The lowest BCUT2D eigenvalue weighted by Gasteiger charge is -2.29. The minimum atomic E-state index is -0.486. The number of para-hydroxylation sites is 2. The summed E-state index contributed by atoms with van der Waals surface area (Å²) in [5, 5.41) is 2.55. The average molecular weight is 348 g/mol. The SMILES string of the molecule is O=C(Nc1ccccc1F)c1ccnc(N2CCCc3ccccc32)n1. The Hall–Kier alpha value is -3.28. The van der Waals surface area contributed by atoms with Gasteiger partial charge >= 0.3 is 0 Å². The van der Waals surface area contributed by atoms with Crippen molar-refractivity contribution in [2.75, 3.05) is 16.8 Å². The fourth-order valence-corrected chi connectivity index (χ4v) is 3.10. The van der Waals surface area contributed by atoms with Gasteiger partial charge in [0, 0.05) is 18.4 Å². The minimum absolute atomic E-state index is 0.126. The first kappa shape index (κ1) is 16.2. The molecule has 0 saturated carbocycles. The maximum absolute atomic E-state index is 13.7. The van der Waals surface area contributed by atoms with Crippen molar-refractivity contribution in [3.05, 3.63) is 77.9 Å². The molecule has 3 aromatic rings. The topological polar surface area (TPSA) is 58.1 Å². The molecule has 0 bridgehead atoms. The number of aryl methyl sites for hydroxylation is 1. The summed E-state index contributed by atoms with van der Waals surface area (Å²) in [6.45, 7) is 0.787. The van der Waals surface area contributed by atoms with Crippen molar-refractivity contribution in [3.8, 4) is 0 Å². The van der Waals surface area contributed by atoms with E-state index in [0.717, 1.165) is 25.1 Å². The molecule has 1 aromatic heterocycles. The van der Waals surface area contributed by atoms with E-state index >= 15 is 0 Å². The Kier molecular flexibility index (Phi) is 4.31. The van der Waals surface area contributed by atoms with E-state index in [2.05, 4.69) is 21.4 Å². The molecule has 0 radical (unpaired) electrons. The van der Waals surface area contributed by atoms with E-state index in [1.807, 2.05) is 23.1 Å². The molecule has 1 N–H and O–H groups in total. The smallest absolute Gasteiger partial charge is 0.274 e. The van der Waals surface area contributed by atoms with Gasteiger partial charge in [0.05, 0.1) is 5.69 Å². The van der Waals surface area contributed by atoms with E-state index in [-0.39, 0.29) is 11.4 Å². The molecular formula is C20H17FN4O. The third-order valence-electron chi connectivity index (χ3n) is 4.35. The number of nitrogens with one attached hydrogen (secondary N) is 1. The zero-order valence-corrected chi connectivity index (χ0v) is 14.0. The number of fused-ring (bicyclic) bond motifs is 1. The molecule has 0 spiro atoms. The van der Waals surface area contributed by atoms with Crippen molar-refractivity contribution < 1.29 is 9.18 Å². The van der Waals surface area contributed by atoms with E-state index in [1.165, 1.54) is 23.8 Å². The van der Waals surface area contributed by atoms with Gasteiger partial charge in [-0.1, -0.05) is 30.3 Å². The maximum atomic E-state index is 13.7. The van der Waals surface area contributed by atoms with Crippen LogP contribution in [0.15, 0.2) is 60.8 Å². The Labute approximate surface area is 150 Å². The number of amides is 1. The van der Waals surface area contributed by atoms with Gasteiger partial charge in [-0.25, -0.2) is 14.4 Å². The normalized spacial score (nSPS) is 13.2. The zero-order chi connectivity index (χ0) is 17.9. The standard InChI is InChI=1S/C20H17FN4O/c21-15-8-2-3-9-16(15)23-19(26)17-11-12-22-20(24-17)25-13-5-7-14-6-1-4-10-18(14)25/h1-4,6,8-12H,5,7,13H2,(H,23,26). The van der Waals surface area contributed by atoms with Crippen LogP contribution < -0.4 is 10.2 Å². The third-order valence-corrected chi connectivity index (χ3v) is 4.35. The van der Waals surface area contributed by atoms with Crippen LogP contribution in [0.4, 0.5) is 21.7 Å². The van der Waals surface area contributed by atoms with Crippen molar-refractivity contribution >= 4 is 23.2 Å². The van der Waals surface area contributed by atoms with Gasteiger partial charge in [-0.2, -0.15) is 0 Å². The summed E-state index contributed by atoms with van der Waals surface area (Å²) < 4.78 is 13.7. The summed E-state index contributed by atoms with van der Waals surface area (Å²) >= 11 is 0. The Bertz CT molecular complexity index is 960. The van der Waals surface area contributed by atoms with E-state index in [1.54, 1.807) is 18.3 Å². The van der Waals surface area contributed by atoms with Crippen molar-refractivity contribution in [2.24, 2.45) is 0 Å². The molecule has 0 atom stereocenters. The van der Waals surface area contributed by atoms with Crippen LogP contribution in [0, 0.1) is 5.82 Å². The van der Waals surface area contributed by atoms with Crippen molar-refractivity contribution in [2.45, 2.75) is 12.8 Å². The number of carbonyl (C=O) groups excluding carboxylic acids is 1. The lowest BCUT2D eigenvalue weighted by Crippen LogP contribution is -2.27. The highest BCUT2D eigenvalue weighted by Gasteiger charge is 2.21. The summed E-state index contributed by atoms with van der Waals surface area (Å²) in [7, 11) is 0. The molecule has 1 amide bonds. The van der Waals surface area contributed by atoms with E-state index in [9.17, 15) is 9.18 Å². The second-order valence-corrected chi connectivity index (χ2v) is 6.06. The lowest BCUT2D eigenvalue weighted by atomic mass is 10.0. The molecule has 5 nitrogen and oxygen atoms in total. The Morgan fingerprint density at radius 3 is 2.77 bits per heavy atom.